The Morgan fingerprint density at radius 3 is 2.17 bits per heavy atom. The lowest BCUT2D eigenvalue weighted by atomic mass is 10.1. The topological polar surface area (TPSA) is 94.6 Å². The number of nitrogens with zero attached hydrogens (tertiary/aromatic N) is 1. The Kier molecular flexibility index (Phi) is 11.5. The summed E-state index contributed by atoms with van der Waals surface area (Å²) in [5.41, 5.74) is 3.39. The minimum absolute atomic E-state index is 0. The molecule has 0 atom stereocenters. The van der Waals surface area contributed by atoms with Crippen LogP contribution in [0.25, 0.3) is 0 Å². The van der Waals surface area contributed by atoms with Gasteiger partial charge in [-0.2, -0.15) is 0 Å². The van der Waals surface area contributed by atoms with Gasteiger partial charge in [-0.15, -0.1) is 24.0 Å². The molecule has 0 aromatic heterocycles. The van der Waals surface area contributed by atoms with E-state index in [1.807, 2.05) is 37.3 Å². The Morgan fingerprint density at radius 2 is 1.53 bits per heavy atom. The van der Waals surface area contributed by atoms with Gasteiger partial charge in [0, 0.05) is 38.3 Å². The molecule has 0 aliphatic rings. The summed E-state index contributed by atoms with van der Waals surface area (Å²) in [6, 6.07) is 15.0. The van der Waals surface area contributed by atoms with Crippen LogP contribution in [0.4, 0.5) is 0 Å². The van der Waals surface area contributed by atoms with Crippen LogP contribution in [0.15, 0.2) is 53.5 Å². The first-order chi connectivity index (χ1) is 14.1. The second-order valence-electron chi connectivity index (χ2n) is 6.43. The number of hydrogen-bond acceptors (Lipinski definition) is 3. The van der Waals surface area contributed by atoms with Gasteiger partial charge in [-0.1, -0.05) is 24.3 Å². The monoisotopic (exact) mass is 523 g/mol. The lowest BCUT2D eigenvalue weighted by Crippen LogP contribution is -2.38. The minimum atomic E-state index is -0.101. The molecule has 8 heteroatoms. The van der Waals surface area contributed by atoms with Crippen LogP contribution in [-0.2, 0) is 13.0 Å². The van der Waals surface area contributed by atoms with Crippen molar-refractivity contribution in [2.24, 2.45) is 4.99 Å². The molecule has 0 fully saturated rings. The van der Waals surface area contributed by atoms with Crippen molar-refractivity contribution in [2.75, 3.05) is 27.2 Å². The number of benzene rings is 2. The largest absolute Gasteiger partial charge is 0.357 e. The molecule has 0 spiro atoms. The normalized spacial score (nSPS) is 10.6. The maximum Gasteiger partial charge on any atom is 0.251 e. The van der Waals surface area contributed by atoms with Crippen molar-refractivity contribution in [2.45, 2.75) is 19.9 Å². The summed E-state index contributed by atoms with van der Waals surface area (Å²) in [7, 11) is 3.24. The molecular weight excluding hydrogens is 493 g/mol. The second-order valence-corrected chi connectivity index (χ2v) is 6.43. The van der Waals surface area contributed by atoms with E-state index in [1.54, 1.807) is 32.3 Å². The summed E-state index contributed by atoms with van der Waals surface area (Å²) in [6.45, 7) is 3.98. The zero-order valence-corrected chi connectivity index (χ0v) is 19.9. The van der Waals surface area contributed by atoms with Crippen LogP contribution in [-0.4, -0.2) is 45.0 Å². The van der Waals surface area contributed by atoms with Crippen molar-refractivity contribution in [3.63, 3.8) is 0 Å². The number of carbonyl (C=O) groups excluding carboxylic acids is 2. The first-order valence-electron chi connectivity index (χ1n) is 9.71. The van der Waals surface area contributed by atoms with Gasteiger partial charge in [0.15, 0.2) is 5.96 Å². The fourth-order valence-corrected chi connectivity index (χ4v) is 2.76. The number of hydrogen-bond donors (Lipinski definition) is 4. The summed E-state index contributed by atoms with van der Waals surface area (Å²) in [5, 5.41) is 11.8. The Morgan fingerprint density at radius 1 is 0.867 bits per heavy atom. The SMILES string of the molecule is CCNC(=NCc1ccc(C(=O)NC)cc1)NCCc1cccc(C(=O)NC)c1.I. The Hall–Kier alpha value is -2.62. The van der Waals surface area contributed by atoms with E-state index < -0.39 is 0 Å². The molecule has 2 aromatic carbocycles. The smallest absolute Gasteiger partial charge is 0.251 e. The Labute approximate surface area is 195 Å². The van der Waals surface area contributed by atoms with Crippen LogP contribution >= 0.6 is 24.0 Å². The first-order valence-corrected chi connectivity index (χ1v) is 9.71. The van der Waals surface area contributed by atoms with E-state index in [-0.39, 0.29) is 35.8 Å². The van der Waals surface area contributed by atoms with E-state index in [0.717, 1.165) is 30.1 Å². The molecule has 162 valence electrons. The molecule has 0 heterocycles. The minimum Gasteiger partial charge on any atom is -0.357 e. The van der Waals surface area contributed by atoms with Crippen molar-refractivity contribution in [3.05, 3.63) is 70.8 Å². The highest BCUT2D eigenvalue weighted by molar-refractivity contribution is 14.0. The number of halogens is 1. The number of nitrogens with one attached hydrogen (secondary N) is 4. The van der Waals surface area contributed by atoms with Crippen molar-refractivity contribution in [3.8, 4) is 0 Å². The molecular formula is C22H30IN5O2. The van der Waals surface area contributed by atoms with E-state index in [0.29, 0.717) is 24.2 Å². The van der Waals surface area contributed by atoms with E-state index in [1.165, 1.54) is 0 Å². The standard InChI is InChI=1S/C22H29N5O2.HI/c1-4-25-22(27-15-17-8-10-18(11-9-17)20(28)23-2)26-13-12-16-6-5-7-19(14-16)21(29)24-3;/h5-11,14H,4,12-13,15H2,1-3H3,(H,23,28)(H,24,29)(H2,25,26,27);1H. The van der Waals surface area contributed by atoms with Gasteiger partial charge in [-0.05, 0) is 48.7 Å². The molecule has 0 saturated heterocycles. The summed E-state index contributed by atoms with van der Waals surface area (Å²) in [5.74, 6) is 0.540. The van der Waals surface area contributed by atoms with Gasteiger partial charge in [0.05, 0.1) is 6.54 Å². The van der Waals surface area contributed by atoms with E-state index >= 15 is 0 Å². The highest BCUT2D eigenvalue weighted by Crippen LogP contribution is 2.07. The highest BCUT2D eigenvalue weighted by Gasteiger charge is 2.05. The molecule has 2 amide bonds. The maximum absolute atomic E-state index is 11.8. The summed E-state index contributed by atoms with van der Waals surface area (Å²) >= 11 is 0. The average Bonchev–Trinajstić information content (AvgIpc) is 2.77. The van der Waals surface area contributed by atoms with Crippen LogP contribution in [0.2, 0.25) is 0 Å². The van der Waals surface area contributed by atoms with Crippen LogP contribution in [0.3, 0.4) is 0 Å². The quantitative estimate of drug-likeness (QED) is 0.243. The van der Waals surface area contributed by atoms with Crippen LogP contribution in [0.5, 0.6) is 0 Å². The zero-order valence-electron chi connectivity index (χ0n) is 17.6. The summed E-state index contributed by atoms with van der Waals surface area (Å²) in [6.07, 6.45) is 0.774. The second kappa shape index (κ2) is 13.6. The van der Waals surface area contributed by atoms with Gasteiger partial charge in [0.2, 0.25) is 0 Å². The van der Waals surface area contributed by atoms with Crippen LogP contribution in [0, 0.1) is 0 Å². The van der Waals surface area contributed by atoms with Gasteiger partial charge in [0.25, 0.3) is 11.8 Å². The Balaban J connectivity index is 0.00000450. The molecule has 0 aliphatic carbocycles. The third kappa shape index (κ3) is 8.02. The molecule has 2 aromatic rings. The maximum atomic E-state index is 11.8. The molecule has 2 rings (SSSR count). The summed E-state index contributed by atoms with van der Waals surface area (Å²) < 4.78 is 0. The van der Waals surface area contributed by atoms with Crippen molar-refractivity contribution in [1.29, 1.82) is 0 Å². The third-order valence-corrected chi connectivity index (χ3v) is 4.33. The number of aliphatic imine (C=N–C) groups is 1. The zero-order chi connectivity index (χ0) is 21.1. The molecule has 4 N–H and O–H groups in total. The van der Waals surface area contributed by atoms with Gasteiger partial charge >= 0.3 is 0 Å². The molecule has 7 nitrogen and oxygen atoms in total. The number of rotatable bonds is 8. The van der Waals surface area contributed by atoms with Gasteiger partial charge < -0.3 is 21.3 Å². The molecule has 0 bridgehead atoms. The van der Waals surface area contributed by atoms with Gasteiger partial charge in [0.1, 0.15) is 0 Å². The molecule has 0 unspecified atom stereocenters. The summed E-state index contributed by atoms with van der Waals surface area (Å²) in [4.78, 5) is 28.0. The fraction of sp³-hybridized carbons (Fsp3) is 0.318. The number of amides is 2. The highest BCUT2D eigenvalue weighted by atomic mass is 127. The average molecular weight is 523 g/mol. The van der Waals surface area contributed by atoms with E-state index in [9.17, 15) is 9.59 Å². The van der Waals surface area contributed by atoms with Crippen LogP contribution < -0.4 is 21.3 Å². The third-order valence-electron chi connectivity index (χ3n) is 4.33. The fourth-order valence-electron chi connectivity index (χ4n) is 2.76. The molecule has 0 aliphatic heterocycles. The molecule has 0 radical (unpaired) electrons. The van der Waals surface area contributed by atoms with Gasteiger partial charge in [-0.25, -0.2) is 4.99 Å². The molecule has 0 saturated carbocycles. The van der Waals surface area contributed by atoms with E-state index in [2.05, 4.69) is 26.3 Å². The lowest BCUT2D eigenvalue weighted by molar-refractivity contribution is 0.0955. The Bertz CT molecular complexity index is 853. The lowest BCUT2D eigenvalue weighted by Gasteiger charge is -2.12. The van der Waals surface area contributed by atoms with Crippen LogP contribution in [0.1, 0.15) is 38.8 Å². The number of guanidine groups is 1. The predicted octanol–water partition coefficient (Wildman–Crippen LogP) is 2.32. The van der Waals surface area contributed by atoms with Crippen molar-refractivity contribution < 1.29 is 9.59 Å². The first kappa shape index (κ1) is 25.4. The molecule has 30 heavy (non-hydrogen) atoms. The van der Waals surface area contributed by atoms with Crippen molar-refractivity contribution >= 4 is 41.8 Å². The number of carbonyl (C=O) groups is 2. The van der Waals surface area contributed by atoms with E-state index in [4.69, 9.17) is 0 Å². The van der Waals surface area contributed by atoms with Gasteiger partial charge in [-0.3, -0.25) is 9.59 Å². The van der Waals surface area contributed by atoms with Crippen molar-refractivity contribution in [1.82, 2.24) is 21.3 Å². The predicted molar refractivity (Wildman–Crippen MR) is 132 cm³/mol.